The van der Waals surface area contributed by atoms with Crippen molar-refractivity contribution < 1.29 is 19.1 Å². The molecule has 0 unspecified atom stereocenters. The van der Waals surface area contributed by atoms with Crippen LogP contribution in [0.25, 0.3) is 0 Å². The van der Waals surface area contributed by atoms with Crippen molar-refractivity contribution in [1.29, 1.82) is 0 Å². The number of ether oxygens (including phenoxy) is 2. The first-order valence-electron chi connectivity index (χ1n) is 8.35. The zero-order valence-electron chi connectivity index (χ0n) is 14.6. The molecule has 0 saturated heterocycles. The summed E-state index contributed by atoms with van der Waals surface area (Å²) in [6.07, 6.45) is 2.11. The van der Waals surface area contributed by atoms with Crippen molar-refractivity contribution in [3.8, 4) is 11.5 Å². The summed E-state index contributed by atoms with van der Waals surface area (Å²) in [6, 6.07) is 13.9. The average Bonchev–Trinajstić information content (AvgIpc) is 2.62. The van der Waals surface area contributed by atoms with Crippen molar-refractivity contribution in [2.75, 3.05) is 18.5 Å². The SMILES string of the molecule is CCCCOc1ccc(OCC(=O)Nc2ccc(C(C)=O)cc2)cc1. The van der Waals surface area contributed by atoms with Crippen molar-refractivity contribution in [2.45, 2.75) is 26.7 Å². The van der Waals surface area contributed by atoms with E-state index in [9.17, 15) is 9.59 Å². The molecule has 2 aromatic carbocycles. The first-order valence-corrected chi connectivity index (χ1v) is 8.35. The number of anilines is 1. The van der Waals surface area contributed by atoms with Gasteiger partial charge in [-0.15, -0.1) is 0 Å². The number of carbonyl (C=O) groups excluding carboxylic acids is 2. The normalized spacial score (nSPS) is 10.2. The molecule has 0 aromatic heterocycles. The van der Waals surface area contributed by atoms with Gasteiger partial charge in [0.15, 0.2) is 12.4 Å². The molecule has 0 bridgehead atoms. The van der Waals surface area contributed by atoms with Crippen LogP contribution in [0.3, 0.4) is 0 Å². The molecule has 1 amide bonds. The van der Waals surface area contributed by atoms with Crippen molar-refractivity contribution in [2.24, 2.45) is 0 Å². The van der Waals surface area contributed by atoms with Gasteiger partial charge in [0.25, 0.3) is 5.91 Å². The summed E-state index contributed by atoms with van der Waals surface area (Å²) < 4.78 is 11.0. The van der Waals surface area contributed by atoms with Crippen molar-refractivity contribution >= 4 is 17.4 Å². The van der Waals surface area contributed by atoms with Crippen LogP contribution in [-0.4, -0.2) is 24.9 Å². The lowest BCUT2D eigenvalue weighted by molar-refractivity contribution is -0.118. The quantitative estimate of drug-likeness (QED) is 0.551. The number of ketones is 1. The summed E-state index contributed by atoms with van der Waals surface area (Å²) in [4.78, 5) is 23.1. The van der Waals surface area contributed by atoms with Crippen LogP contribution in [-0.2, 0) is 4.79 Å². The summed E-state index contributed by atoms with van der Waals surface area (Å²) in [5.41, 5.74) is 1.23. The Morgan fingerprint density at radius 3 is 2.08 bits per heavy atom. The lowest BCUT2D eigenvalue weighted by Gasteiger charge is -2.09. The Labute approximate surface area is 148 Å². The van der Waals surface area contributed by atoms with E-state index >= 15 is 0 Å². The van der Waals surface area contributed by atoms with E-state index in [0.29, 0.717) is 23.6 Å². The maximum Gasteiger partial charge on any atom is 0.262 e. The molecule has 25 heavy (non-hydrogen) atoms. The monoisotopic (exact) mass is 341 g/mol. The Hall–Kier alpha value is -2.82. The molecular weight excluding hydrogens is 318 g/mol. The lowest BCUT2D eigenvalue weighted by Crippen LogP contribution is -2.20. The second kappa shape index (κ2) is 9.47. The Balaban J connectivity index is 1.78. The molecule has 0 aliphatic heterocycles. The Kier molecular flexibility index (Phi) is 7.01. The minimum absolute atomic E-state index is 0.0108. The van der Waals surface area contributed by atoms with Gasteiger partial charge in [-0.2, -0.15) is 0 Å². The summed E-state index contributed by atoms with van der Waals surface area (Å²) in [5.74, 6) is 1.11. The molecule has 5 heteroatoms. The fourth-order valence-electron chi connectivity index (χ4n) is 2.10. The van der Waals surface area contributed by atoms with Gasteiger partial charge in [-0.1, -0.05) is 13.3 Å². The highest BCUT2D eigenvalue weighted by Gasteiger charge is 2.05. The minimum Gasteiger partial charge on any atom is -0.494 e. The molecule has 0 heterocycles. The molecule has 0 saturated carbocycles. The number of Topliss-reactive ketones (excluding diaryl/α,β-unsaturated/α-hetero) is 1. The third kappa shape index (κ3) is 6.30. The predicted octanol–water partition coefficient (Wildman–Crippen LogP) is 4.09. The summed E-state index contributed by atoms with van der Waals surface area (Å²) in [7, 11) is 0. The van der Waals surface area contributed by atoms with E-state index in [1.54, 1.807) is 36.4 Å². The molecule has 5 nitrogen and oxygen atoms in total. The van der Waals surface area contributed by atoms with Gasteiger partial charge in [0, 0.05) is 11.3 Å². The summed E-state index contributed by atoms with van der Waals surface area (Å²) in [5, 5.41) is 2.72. The maximum atomic E-state index is 11.9. The number of unbranched alkanes of at least 4 members (excludes halogenated alkanes) is 1. The molecule has 0 spiro atoms. The van der Waals surface area contributed by atoms with Crippen LogP contribution in [0.15, 0.2) is 48.5 Å². The number of nitrogens with one attached hydrogen (secondary N) is 1. The Morgan fingerprint density at radius 2 is 1.52 bits per heavy atom. The standard InChI is InChI=1S/C20H23NO4/c1-3-4-13-24-18-9-11-19(12-10-18)25-14-20(23)21-17-7-5-16(6-8-17)15(2)22/h5-12H,3-4,13-14H2,1-2H3,(H,21,23). The second-order valence-electron chi connectivity index (χ2n) is 5.64. The van der Waals surface area contributed by atoms with Crippen LogP contribution >= 0.6 is 0 Å². The second-order valence-corrected chi connectivity index (χ2v) is 5.64. The molecule has 2 aromatic rings. The largest absolute Gasteiger partial charge is 0.494 e. The van der Waals surface area contributed by atoms with Crippen LogP contribution in [0.5, 0.6) is 11.5 Å². The van der Waals surface area contributed by atoms with E-state index in [4.69, 9.17) is 9.47 Å². The Bertz CT molecular complexity index is 693. The van der Waals surface area contributed by atoms with E-state index in [2.05, 4.69) is 12.2 Å². The third-order valence-corrected chi connectivity index (χ3v) is 3.54. The number of rotatable bonds is 9. The van der Waals surface area contributed by atoms with Crippen molar-refractivity contribution in [1.82, 2.24) is 0 Å². The summed E-state index contributed by atoms with van der Waals surface area (Å²) in [6.45, 7) is 4.22. The van der Waals surface area contributed by atoms with E-state index in [1.807, 2.05) is 12.1 Å². The average molecular weight is 341 g/mol. The number of hydrogen-bond donors (Lipinski definition) is 1. The van der Waals surface area contributed by atoms with E-state index < -0.39 is 0 Å². The van der Waals surface area contributed by atoms with Crippen LogP contribution in [0, 0.1) is 0 Å². The van der Waals surface area contributed by atoms with Crippen LogP contribution in [0.4, 0.5) is 5.69 Å². The van der Waals surface area contributed by atoms with Crippen LogP contribution in [0.1, 0.15) is 37.0 Å². The first-order chi connectivity index (χ1) is 12.1. The number of hydrogen-bond acceptors (Lipinski definition) is 4. The van der Waals surface area contributed by atoms with Gasteiger partial charge in [-0.3, -0.25) is 9.59 Å². The lowest BCUT2D eigenvalue weighted by atomic mass is 10.1. The highest BCUT2D eigenvalue weighted by Crippen LogP contribution is 2.18. The summed E-state index contributed by atoms with van der Waals surface area (Å²) >= 11 is 0. The molecule has 132 valence electrons. The molecule has 0 atom stereocenters. The fourth-order valence-corrected chi connectivity index (χ4v) is 2.10. The van der Waals surface area contributed by atoms with Crippen molar-refractivity contribution in [3.63, 3.8) is 0 Å². The highest BCUT2D eigenvalue weighted by atomic mass is 16.5. The first kappa shape index (κ1) is 18.5. The van der Waals surface area contributed by atoms with E-state index in [-0.39, 0.29) is 18.3 Å². The van der Waals surface area contributed by atoms with Crippen molar-refractivity contribution in [3.05, 3.63) is 54.1 Å². The van der Waals surface area contributed by atoms with Gasteiger partial charge in [0.2, 0.25) is 0 Å². The van der Waals surface area contributed by atoms with Gasteiger partial charge in [-0.05, 0) is 61.9 Å². The number of benzene rings is 2. The molecule has 2 rings (SSSR count). The molecule has 0 radical (unpaired) electrons. The maximum absolute atomic E-state index is 11.9. The van der Waals surface area contributed by atoms with Crippen LogP contribution in [0.2, 0.25) is 0 Å². The smallest absolute Gasteiger partial charge is 0.262 e. The Morgan fingerprint density at radius 1 is 0.920 bits per heavy atom. The predicted molar refractivity (Wildman–Crippen MR) is 97.4 cm³/mol. The molecule has 0 aliphatic rings. The molecular formula is C20H23NO4. The zero-order valence-corrected chi connectivity index (χ0v) is 14.6. The van der Waals surface area contributed by atoms with E-state index in [1.165, 1.54) is 6.92 Å². The highest BCUT2D eigenvalue weighted by molar-refractivity contribution is 5.95. The van der Waals surface area contributed by atoms with Gasteiger partial charge in [0.05, 0.1) is 6.61 Å². The number of amides is 1. The fraction of sp³-hybridized carbons (Fsp3) is 0.300. The van der Waals surface area contributed by atoms with Gasteiger partial charge in [-0.25, -0.2) is 0 Å². The molecule has 1 N–H and O–H groups in total. The topological polar surface area (TPSA) is 64.6 Å². The molecule has 0 aliphatic carbocycles. The minimum atomic E-state index is -0.265. The van der Waals surface area contributed by atoms with Gasteiger partial charge in [0.1, 0.15) is 11.5 Å². The molecule has 0 fully saturated rings. The van der Waals surface area contributed by atoms with Gasteiger partial charge >= 0.3 is 0 Å². The number of carbonyl (C=O) groups is 2. The van der Waals surface area contributed by atoms with Crippen LogP contribution < -0.4 is 14.8 Å². The van der Waals surface area contributed by atoms with Gasteiger partial charge < -0.3 is 14.8 Å². The third-order valence-electron chi connectivity index (χ3n) is 3.54. The van der Waals surface area contributed by atoms with E-state index in [0.717, 1.165) is 18.6 Å². The zero-order chi connectivity index (χ0) is 18.1.